The molecular formula is C19H19FN2O5S. The Balaban J connectivity index is 1.45. The van der Waals surface area contributed by atoms with Gasteiger partial charge in [-0.2, -0.15) is 4.31 Å². The van der Waals surface area contributed by atoms with Gasteiger partial charge in [-0.15, -0.1) is 0 Å². The summed E-state index contributed by atoms with van der Waals surface area (Å²) in [5.74, 6) is -0.0555. The molecule has 1 fully saturated rings. The molecule has 2 aromatic carbocycles. The molecule has 28 heavy (non-hydrogen) atoms. The molecule has 2 aromatic rings. The Morgan fingerprint density at radius 3 is 2.64 bits per heavy atom. The number of fused-ring (bicyclic) bond motifs is 1. The van der Waals surface area contributed by atoms with E-state index in [1.54, 1.807) is 18.2 Å². The molecule has 2 aliphatic rings. The molecule has 148 valence electrons. The number of anilines is 1. The minimum absolute atomic E-state index is 0.0192. The maximum atomic E-state index is 13.1. The van der Waals surface area contributed by atoms with E-state index < -0.39 is 21.8 Å². The van der Waals surface area contributed by atoms with Crippen molar-refractivity contribution in [2.75, 3.05) is 25.2 Å². The smallest absolute Gasteiger partial charge is 0.243 e. The van der Waals surface area contributed by atoms with Crippen molar-refractivity contribution in [2.45, 2.75) is 17.7 Å². The summed E-state index contributed by atoms with van der Waals surface area (Å²) >= 11 is 0. The number of carbonyl (C=O) groups excluding carboxylic acids is 1. The Morgan fingerprint density at radius 1 is 1.11 bits per heavy atom. The summed E-state index contributed by atoms with van der Waals surface area (Å²) in [4.78, 5) is 12.7. The van der Waals surface area contributed by atoms with Crippen LogP contribution in [-0.4, -0.2) is 38.5 Å². The van der Waals surface area contributed by atoms with Crippen LogP contribution in [-0.2, 0) is 14.8 Å². The van der Waals surface area contributed by atoms with Crippen LogP contribution in [0.25, 0.3) is 0 Å². The van der Waals surface area contributed by atoms with Gasteiger partial charge in [-0.3, -0.25) is 4.79 Å². The molecule has 1 saturated heterocycles. The molecule has 0 aliphatic carbocycles. The molecule has 1 amide bonds. The summed E-state index contributed by atoms with van der Waals surface area (Å²) in [6, 6.07) is 9.80. The van der Waals surface area contributed by atoms with Gasteiger partial charge in [0.15, 0.2) is 11.5 Å². The topological polar surface area (TPSA) is 84.9 Å². The van der Waals surface area contributed by atoms with Crippen molar-refractivity contribution < 1.29 is 27.1 Å². The van der Waals surface area contributed by atoms with Crippen molar-refractivity contribution >= 4 is 21.6 Å². The van der Waals surface area contributed by atoms with E-state index in [4.69, 9.17) is 9.47 Å². The van der Waals surface area contributed by atoms with E-state index >= 15 is 0 Å². The number of rotatable bonds is 4. The van der Waals surface area contributed by atoms with Crippen LogP contribution >= 0.6 is 0 Å². The number of carbonyl (C=O) groups is 1. The lowest BCUT2D eigenvalue weighted by molar-refractivity contribution is -0.120. The summed E-state index contributed by atoms with van der Waals surface area (Å²) in [5, 5.41) is 2.82. The standard InChI is InChI=1S/C19H19FN2O5S/c20-14-3-6-16(7-4-14)28(24,25)22-9-1-2-13(11-22)19(23)21-15-5-8-17-18(10-15)27-12-26-17/h3-8,10,13H,1-2,9,11-12H2,(H,21,23). The Morgan fingerprint density at radius 2 is 1.86 bits per heavy atom. The SMILES string of the molecule is O=C(Nc1ccc2c(c1)OCO2)C1CCCN(S(=O)(=O)c2ccc(F)cc2)C1. The van der Waals surface area contributed by atoms with Gasteiger partial charge in [0, 0.05) is 24.8 Å². The fraction of sp³-hybridized carbons (Fsp3) is 0.316. The molecule has 0 spiro atoms. The number of amides is 1. The van der Waals surface area contributed by atoms with Crippen LogP contribution in [0.4, 0.5) is 10.1 Å². The number of hydrogen-bond acceptors (Lipinski definition) is 5. The molecule has 0 radical (unpaired) electrons. The largest absolute Gasteiger partial charge is 0.454 e. The zero-order chi connectivity index (χ0) is 19.7. The second kappa shape index (κ2) is 7.40. The number of benzene rings is 2. The first kappa shape index (κ1) is 18.7. The first-order chi connectivity index (χ1) is 13.4. The average Bonchev–Trinajstić information content (AvgIpc) is 3.16. The lowest BCUT2D eigenvalue weighted by atomic mass is 9.98. The number of ether oxygens (including phenoxy) is 2. The van der Waals surface area contributed by atoms with Crippen molar-refractivity contribution in [3.05, 3.63) is 48.3 Å². The number of nitrogens with one attached hydrogen (secondary N) is 1. The van der Waals surface area contributed by atoms with Crippen LogP contribution < -0.4 is 14.8 Å². The second-order valence-corrected chi connectivity index (χ2v) is 8.65. The van der Waals surface area contributed by atoms with Gasteiger partial charge in [0.05, 0.1) is 10.8 Å². The summed E-state index contributed by atoms with van der Waals surface area (Å²) in [5.41, 5.74) is 0.563. The van der Waals surface area contributed by atoms with Gasteiger partial charge in [-0.1, -0.05) is 0 Å². The number of hydrogen-bond donors (Lipinski definition) is 1. The molecule has 4 rings (SSSR count). The van der Waals surface area contributed by atoms with E-state index in [1.165, 1.54) is 16.4 Å². The molecule has 1 N–H and O–H groups in total. The summed E-state index contributed by atoms with van der Waals surface area (Å²) in [6.45, 7) is 0.551. The van der Waals surface area contributed by atoms with Gasteiger partial charge in [-0.25, -0.2) is 12.8 Å². The number of piperidine rings is 1. The Hall–Kier alpha value is -2.65. The van der Waals surface area contributed by atoms with Crippen molar-refractivity contribution in [3.63, 3.8) is 0 Å². The minimum atomic E-state index is -3.78. The minimum Gasteiger partial charge on any atom is -0.454 e. The first-order valence-corrected chi connectivity index (χ1v) is 10.3. The number of halogens is 1. The van der Waals surface area contributed by atoms with Crippen LogP contribution in [0, 0.1) is 11.7 Å². The zero-order valence-electron chi connectivity index (χ0n) is 14.9. The molecule has 0 bridgehead atoms. The lowest BCUT2D eigenvalue weighted by Crippen LogP contribution is -2.43. The van der Waals surface area contributed by atoms with Crippen molar-refractivity contribution in [2.24, 2.45) is 5.92 Å². The van der Waals surface area contributed by atoms with E-state index in [0.29, 0.717) is 36.6 Å². The molecule has 1 atom stereocenters. The van der Waals surface area contributed by atoms with Crippen molar-refractivity contribution in [1.29, 1.82) is 0 Å². The Labute approximate surface area is 162 Å². The third-order valence-corrected chi connectivity index (χ3v) is 6.73. The normalized spacial score (nSPS) is 19.4. The monoisotopic (exact) mass is 406 g/mol. The summed E-state index contributed by atoms with van der Waals surface area (Å²) < 4.78 is 50.5. The summed E-state index contributed by atoms with van der Waals surface area (Å²) in [7, 11) is -3.78. The number of nitrogens with zero attached hydrogens (tertiary/aromatic N) is 1. The molecular weight excluding hydrogens is 387 g/mol. The maximum Gasteiger partial charge on any atom is 0.243 e. The first-order valence-electron chi connectivity index (χ1n) is 8.90. The average molecular weight is 406 g/mol. The van der Waals surface area contributed by atoms with E-state index in [0.717, 1.165) is 12.1 Å². The van der Waals surface area contributed by atoms with Crippen molar-refractivity contribution in [1.82, 2.24) is 4.31 Å². The van der Waals surface area contributed by atoms with Gasteiger partial charge in [-0.05, 0) is 49.2 Å². The molecule has 2 heterocycles. The molecule has 0 saturated carbocycles. The van der Waals surface area contributed by atoms with Crippen LogP contribution in [0.3, 0.4) is 0 Å². The van der Waals surface area contributed by atoms with Gasteiger partial charge in [0.2, 0.25) is 22.7 Å². The van der Waals surface area contributed by atoms with E-state index in [1.807, 2.05) is 0 Å². The van der Waals surface area contributed by atoms with Crippen LogP contribution in [0.1, 0.15) is 12.8 Å². The highest BCUT2D eigenvalue weighted by Crippen LogP contribution is 2.34. The van der Waals surface area contributed by atoms with Crippen LogP contribution in [0.2, 0.25) is 0 Å². The molecule has 9 heteroatoms. The lowest BCUT2D eigenvalue weighted by Gasteiger charge is -2.31. The van der Waals surface area contributed by atoms with Gasteiger partial charge in [0.25, 0.3) is 0 Å². The third-order valence-electron chi connectivity index (χ3n) is 4.85. The zero-order valence-corrected chi connectivity index (χ0v) is 15.7. The van der Waals surface area contributed by atoms with Gasteiger partial charge in [0.1, 0.15) is 5.82 Å². The highest BCUT2D eigenvalue weighted by molar-refractivity contribution is 7.89. The maximum absolute atomic E-state index is 13.1. The van der Waals surface area contributed by atoms with E-state index in [2.05, 4.69) is 5.32 Å². The second-order valence-electron chi connectivity index (χ2n) is 6.71. The summed E-state index contributed by atoms with van der Waals surface area (Å²) in [6.07, 6.45) is 1.16. The van der Waals surface area contributed by atoms with Gasteiger partial charge >= 0.3 is 0 Å². The van der Waals surface area contributed by atoms with Gasteiger partial charge < -0.3 is 14.8 Å². The highest BCUT2D eigenvalue weighted by Gasteiger charge is 2.33. The predicted octanol–water partition coefficient (Wildman–Crippen LogP) is 2.59. The fourth-order valence-corrected chi connectivity index (χ4v) is 4.87. The molecule has 0 aromatic heterocycles. The quantitative estimate of drug-likeness (QED) is 0.844. The highest BCUT2D eigenvalue weighted by atomic mass is 32.2. The molecule has 2 aliphatic heterocycles. The fourth-order valence-electron chi connectivity index (χ4n) is 3.35. The van der Waals surface area contributed by atoms with Crippen LogP contribution in [0.15, 0.2) is 47.4 Å². The van der Waals surface area contributed by atoms with E-state index in [-0.39, 0.29) is 24.1 Å². The Bertz CT molecular complexity index is 994. The number of sulfonamides is 1. The molecule has 1 unspecified atom stereocenters. The van der Waals surface area contributed by atoms with E-state index in [9.17, 15) is 17.6 Å². The molecule has 7 nitrogen and oxygen atoms in total. The van der Waals surface area contributed by atoms with Crippen molar-refractivity contribution in [3.8, 4) is 11.5 Å². The van der Waals surface area contributed by atoms with Crippen LogP contribution in [0.5, 0.6) is 11.5 Å². The Kier molecular flexibility index (Phi) is 4.94. The third kappa shape index (κ3) is 3.67. The predicted molar refractivity (Wildman–Crippen MR) is 99.1 cm³/mol.